The second kappa shape index (κ2) is 8.04. The molecule has 136 valence electrons. The second-order valence-electron chi connectivity index (χ2n) is 6.82. The first-order valence-electron chi connectivity index (χ1n) is 9.00. The van der Waals surface area contributed by atoms with Crippen molar-refractivity contribution in [3.8, 4) is 0 Å². The molecule has 3 amide bonds. The zero-order valence-corrected chi connectivity index (χ0v) is 15.3. The number of benzene rings is 2. The first kappa shape index (κ1) is 18.0. The van der Waals surface area contributed by atoms with Crippen LogP contribution >= 0.6 is 0 Å². The van der Waals surface area contributed by atoms with E-state index in [0.717, 1.165) is 29.8 Å². The Morgan fingerprint density at radius 3 is 2.62 bits per heavy atom. The lowest BCUT2D eigenvalue weighted by molar-refractivity contribution is -0.123. The van der Waals surface area contributed by atoms with E-state index in [4.69, 9.17) is 0 Å². The Labute approximate surface area is 154 Å². The van der Waals surface area contributed by atoms with Crippen molar-refractivity contribution in [3.05, 3.63) is 60.2 Å². The van der Waals surface area contributed by atoms with Crippen LogP contribution in [0.3, 0.4) is 0 Å². The number of urea groups is 1. The third-order valence-electron chi connectivity index (χ3n) is 4.80. The minimum absolute atomic E-state index is 0.0595. The van der Waals surface area contributed by atoms with Gasteiger partial charge in [0, 0.05) is 31.5 Å². The summed E-state index contributed by atoms with van der Waals surface area (Å²) < 4.78 is 0. The van der Waals surface area contributed by atoms with Crippen molar-refractivity contribution in [2.75, 3.05) is 30.4 Å². The summed E-state index contributed by atoms with van der Waals surface area (Å²) in [6.45, 7) is 3.12. The predicted molar refractivity (Wildman–Crippen MR) is 104 cm³/mol. The summed E-state index contributed by atoms with van der Waals surface area (Å²) in [4.78, 5) is 28.8. The summed E-state index contributed by atoms with van der Waals surface area (Å²) in [6, 6.07) is 17.2. The standard InChI is InChI=1S/C21H25N3O2/c1-16-8-6-10-18(14-16)22-21(26)24-13-7-9-17(15-24)20(25)23(2)19-11-4-3-5-12-19/h3-6,8,10-12,14,17H,7,9,13,15H2,1-2H3,(H,22,26). The average Bonchev–Trinajstić information content (AvgIpc) is 2.67. The lowest BCUT2D eigenvalue weighted by Gasteiger charge is -2.34. The molecular weight excluding hydrogens is 326 g/mol. The molecule has 1 heterocycles. The molecule has 0 saturated carbocycles. The Hall–Kier alpha value is -2.82. The number of amides is 3. The lowest BCUT2D eigenvalue weighted by atomic mass is 9.96. The zero-order chi connectivity index (χ0) is 18.5. The van der Waals surface area contributed by atoms with Gasteiger partial charge in [-0.05, 0) is 49.6 Å². The van der Waals surface area contributed by atoms with E-state index in [1.807, 2.05) is 61.5 Å². The molecule has 26 heavy (non-hydrogen) atoms. The Balaban J connectivity index is 1.63. The van der Waals surface area contributed by atoms with Gasteiger partial charge in [-0.1, -0.05) is 30.3 Å². The highest BCUT2D eigenvalue weighted by Gasteiger charge is 2.30. The van der Waals surface area contributed by atoms with E-state index in [-0.39, 0.29) is 17.9 Å². The number of piperidine rings is 1. The monoisotopic (exact) mass is 351 g/mol. The normalized spacial score (nSPS) is 16.8. The quantitative estimate of drug-likeness (QED) is 0.912. The molecule has 1 saturated heterocycles. The molecule has 5 heteroatoms. The number of para-hydroxylation sites is 1. The Morgan fingerprint density at radius 1 is 1.12 bits per heavy atom. The van der Waals surface area contributed by atoms with Crippen LogP contribution in [-0.2, 0) is 4.79 Å². The molecule has 0 aliphatic carbocycles. The van der Waals surface area contributed by atoms with Gasteiger partial charge in [0.25, 0.3) is 0 Å². The van der Waals surface area contributed by atoms with Crippen LogP contribution in [0.4, 0.5) is 16.2 Å². The molecule has 1 N–H and O–H groups in total. The van der Waals surface area contributed by atoms with E-state index in [1.165, 1.54) is 0 Å². The molecule has 2 aromatic carbocycles. The van der Waals surface area contributed by atoms with Gasteiger partial charge >= 0.3 is 6.03 Å². The fourth-order valence-corrected chi connectivity index (χ4v) is 3.34. The molecule has 1 aliphatic heterocycles. The molecule has 0 bridgehead atoms. The van der Waals surface area contributed by atoms with Crippen LogP contribution in [0.1, 0.15) is 18.4 Å². The number of carbonyl (C=O) groups is 2. The van der Waals surface area contributed by atoms with E-state index in [0.29, 0.717) is 13.1 Å². The van der Waals surface area contributed by atoms with E-state index in [9.17, 15) is 9.59 Å². The lowest BCUT2D eigenvalue weighted by Crippen LogP contribution is -2.47. The number of nitrogens with one attached hydrogen (secondary N) is 1. The number of likely N-dealkylation sites (tertiary alicyclic amines) is 1. The van der Waals surface area contributed by atoms with Gasteiger partial charge in [0.2, 0.25) is 5.91 Å². The summed E-state index contributed by atoms with van der Waals surface area (Å²) >= 11 is 0. The van der Waals surface area contributed by atoms with Crippen molar-refractivity contribution < 1.29 is 9.59 Å². The highest BCUT2D eigenvalue weighted by molar-refractivity contribution is 5.95. The SMILES string of the molecule is Cc1cccc(NC(=O)N2CCCC(C(=O)N(C)c3ccccc3)C2)c1. The van der Waals surface area contributed by atoms with Crippen molar-refractivity contribution >= 4 is 23.3 Å². The first-order valence-corrected chi connectivity index (χ1v) is 9.00. The molecule has 1 aliphatic rings. The number of hydrogen-bond acceptors (Lipinski definition) is 2. The Bertz CT molecular complexity index is 776. The van der Waals surface area contributed by atoms with Crippen molar-refractivity contribution in [2.45, 2.75) is 19.8 Å². The summed E-state index contributed by atoms with van der Waals surface area (Å²) in [6.07, 6.45) is 1.64. The van der Waals surface area contributed by atoms with Crippen molar-refractivity contribution in [3.63, 3.8) is 0 Å². The molecule has 0 spiro atoms. The minimum Gasteiger partial charge on any atom is -0.324 e. The van der Waals surface area contributed by atoms with E-state index in [2.05, 4.69) is 5.32 Å². The summed E-state index contributed by atoms with van der Waals surface area (Å²) in [5.41, 5.74) is 2.75. The van der Waals surface area contributed by atoms with Crippen LogP contribution in [0.15, 0.2) is 54.6 Å². The number of carbonyl (C=O) groups excluding carboxylic acids is 2. The topological polar surface area (TPSA) is 52.7 Å². The van der Waals surface area contributed by atoms with Gasteiger partial charge in [0.15, 0.2) is 0 Å². The molecule has 1 unspecified atom stereocenters. The molecule has 5 nitrogen and oxygen atoms in total. The smallest absolute Gasteiger partial charge is 0.321 e. The van der Waals surface area contributed by atoms with Crippen LogP contribution in [0.5, 0.6) is 0 Å². The molecule has 1 atom stereocenters. The molecular formula is C21H25N3O2. The third kappa shape index (κ3) is 4.23. The van der Waals surface area contributed by atoms with E-state index in [1.54, 1.807) is 16.8 Å². The van der Waals surface area contributed by atoms with Crippen LogP contribution in [0.2, 0.25) is 0 Å². The Kier molecular flexibility index (Phi) is 5.56. The fraction of sp³-hybridized carbons (Fsp3) is 0.333. The van der Waals surface area contributed by atoms with E-state index < -0.39 is 0 Å². The van der Waals surface area contributed by atoms with Crippen LogP contribution in [0.25, 0.3) is 0 Å². The van der Waals surface area contributed by atoms with Gasteiger partial charge < -0.3 is 15.1 Å². The van der Waals surface area contributed by atoms with Gasteiger partial charge in [-0.25, -0.2) is 4.79 Å². The van der Waals surface area contributed by atoms with Crippen LogP contribution in [0, 0.1) is 12.8 Å². The maximum atomic E-state index is 12.8. The molecule has 2 aromatic rings. The number of aryl methyl sites for hydroxylation is 1. The number of hydrogen-bond donors (Lipinski definition) is 1. The van der Waals surface area contributed by atoms with Crippen molar-refractivity contribution in [2.24, 2.45) is 5.92 Å². The zero-order valence-electron chi connectivity index (χ0n) is 15.3. The molecule has 0 radical (unpaired) electrons. The van der Waals surface area contributed by atoms with Gasteiger partial charge in [-0.3, -0.25) is 4.79 Å². The summed E-state index contributed by atoms with van der Waals surface area (Å²) in [5.74, 6) is -0.110. The third-order valence-corrected chi connectivity index (χ3v) is 4.80. The highest BCUT2D eigenvalue weighted by atomic mass is 16.2. The number of nitrogens with zero attached hydrogens (tertiary/aromatic N) is 2. The molecule has 3 rings (SSSR count). The highest BCUT2D eigenvalue weighted by Crippen LogP contribution is 2.22. The van der Waals surface area contributed by atoms with Gasteiger partial charge in [-0.15, -0.1) is 0 Å². The van der Waals surface area contributed by atoms with Gasteiger partial charge in [-0.2, -0.15) is 0 Å². The Morgan fingerprint density at radius 2 is 1.88 bits per heavy atom. The minimum atomic E-state index is -0.169. The average molecular weight is 351 g/mol. The first-order chi connectivity index (χ1) is 12.5. The fourth-order valence-electron chi connectivity index (χ4n) is 3.34. The predicted octanol–water partition coefficient (Wildman–Crippen LogP) is 3.90. The second-order valence-corrected chi connectivity index (χ2v) is 6.82. The maximum absolute atomic E-state index is 12.8. The molecule has 1 fully saturated rings. The number of rotatable bonds is 3. The maximum Gasteiger partial charge on any atom is 0.321 e. The number of anilines is 2. The summed E-state index contributed by atoms with van der Waals surface area (Å²) in [7, 11) is 1.80. The van der Waals surface area contributed by atoms with Crippen molar-refractivity contribution in [1.29, 1.82) is 0 Å². The largest absolute Gasteiger partial charge is 0.324 e. The van der Waals surface area contributed by atoms with Crippen LogP contribution < -0.4 is 10.2 Å². The van der Waals surface area contributed by atoms with Gasteiger partial charge in [0.1, 0.15) is 0 Å². The van der Waals surface area contributed by atoms with Gasteiger partial charge in [0.05, 0.1) is 5.92 Å². The van der Waals surface area contributed by atoms with Crippen LogP contribution in [-0.4, -0.2) is 37.0 Å². The molecule has 0 aromatic heterocycles. The summed E-state index contributed by atoms with van der Waals surface area (Å²) in [5, 5.41) is 2.93. The van der Waals surface area contributed by atoms with E-state index >= 15 is 0 Å². The van der Waals surface area contributed by atoms with Crippen molar-refractivity contribution in [1.82, 2.24) is 4.90 Å².